The highest BCUT2D eigenvalue weighted by Gasteiger charge is 2.46. The third-order valence-electron chi connectivity index (χ3n) is 4.67. The molecule has 0 saturated carbocycles. The van der Waals surface area contributed by atoms with Gasteiger partial charge in [0.1, 0.15) is 5.72 Å². The van der Waals surface area contributed by atoms with Gasteiger partial charge in [0.25, 0.3) is 5.91 Å². The predicted molar refractivity (Wildman–Crippen MR) is 92.9 cm³/mol. The number of carbonyl (C=O) groups excluding carboxylic acids is 1. The highest BCUT2D eigenvalue weighted by Crippen LogP contribution is 2.34. The van der Waals surface area contributed by atoms with E-state index in [1.807, 2.05) is 23.1 Å². The number of para-hydroxylation sites is 2. The van der Waals surface area contributed by atoms with Crippen LogP contribution >= 0.6 is 12.4 Å². The van der Waals surface area contributed by atoms with E-state index < -0.39 is 5.72 Å². The topological polar surface area (TPSA) is 51.2 Å². The minimum atomic E-state index is -0.437. The maximum atomic E-state index is 12.6. The van der Waals surface area contributed by atoms with Gasteiger partial charge < -0.3 is 24.0 Å². The van der Waals surface area contributed by atoms with Crippen molar-refractivity contribution in [1.82, 2.24) is 9.80 Å². The molecule has 2 fully saturated rings. The van der Waals surface area contributed by atoms with Crippen molar-refractivity contribution in [2.24, 2.45) is 0 Å². The fourth-order valence-electron chi connectivity index (χ4n) is 3.30. The number of amides is 1. The number of likely N-dealkylation sites (tertiary alicyclic amines) is 1. The molecule has 2 heterocycles. The summed E-state index contributed by atoms with van der Waals surface area (Å²) in [4.78, 5) is 16.8. The number of nitrogens with zero attached hydrogens (tertiary/aromatic N) is 2. The first-order chi connectivity index (χ1) is 11.1. The summed E-state index contributed by atoms with van der Waals surface area (Å²) in [7, 11) is 3.69. The van der Waals surface area contributed by atoms with Crippen LogP contribution in [0.3, 0.4) is 0 Å². The van der Waals surface area contributed by atoms with Crippen LogP contribution in [0, 0.1) is 0 Å². The van der Waals surface area contributed by atoms with Gasteiger partial charge in [-0.05, 0) is 19.2 Å². The minimum Gasteiger partial charge on any atom is -0.493 e. The molecule has 1 aromatic carbocycles. The Morgan fingerprint density at radius 3 is 2.54 bits per heavy atom. The molecule has 24 heavy (non-hydrogen) atoms. The van der Waals surface area contributed by atoms with Gasteiger partial charge >= 0.3 is 0 Å². The van der Waals surface area contributed by atoms with Gasteiger partial charge in [-0.1, -0.05) is 12.1 Å². The molecule has 0 aliphatic carbocycles. The van der Waals surface area contributed by atoms with Gasteiger partial charge in [0.15, 0.2) is 18.1 Å². The van der Waals surface area contributed by atoms with E-state index in [4.69, 9.17) is 14.2 Å². The lowest BCUT2D eigenvalue weighted by Crippen LogP contribution is -2.55. The van der Waals surface area contributed by atoms with Gasteiger partial charge in [0.05, 0.1) is 13.7 Å². The summed E-state index contributed by atoms with van der Waals surface area (Å²) in [5.74, 6) is 1.19. The molecule has 1 amide bonds. The molecular formula is C17H25ClN2O4. The van der Waals surface area contributed by atoms with Crippen LogP contribution in [0.5, 0.6) is 11.5 Å². The van der Waals surface area contributed by atoms with Crippen molar-refractivity contribution in [3.8, 4) is 11.5 Å². The van der Waals surface area contributed by atoms with Crippen LogP contribution in [0.15, 0.2) is 24.3 Å². The average molecular weight is 357 g/mol. The quantitative estimate of drug-likeness (QED) is 0.823. The average Bonchev–Trinajstić information content (AvgIpc) is 2.99. The first-order valence-electron chi connectivity index (χ1n) is 8.03. The van der Waals surface area contributed by atoms with Crippen LogP contribution in [0.25, 0.3) is 0 Å². The zero-order valence-electron chi connectivity index (χ0n) is 14.2. The van der Waals surface area contributed by atoms with Gasteiger partial charge in [0.2, 0.25) is 0 Å². The van der Waals surface area contributed by atoms with Crippen molar-refractivity contribution in [3.63, 3.8) is 0 Å². The maximum absolute atomic E-state index is 12.6. The molecule has 0 atom stereocenters. The fraction of sp³-hybridized carbons (Fsp3) is 0.588. The Kier molecular flexibility index (Phi) is 6.32. The largest absolute Gasteiger partial charge is 0.493 e. The van der Waals surface area contributed by atoms with Gasteiger partial charge in [-0.3, -0.25) is 4.79 Å². The van der Waals surface area contributed by atoms with E-state index in [9.17, 15) is 4.79 Å². The number of halogens is 1. The number of methoxy groups -OCH3 is 1. The first-order valence-corrected chi connectivity index (χ1v) is 8.03. The van der Waals surface area contributed by atoms with Crippen LogP contribution in [0.4, 0.5) is 0 Å². The number of piperidine rings is 1. The Morgan fingerprint density at radius 2 is 1.88 bits per heavy atom. The second kappa shape index (κ2) is 8.05. The van der Waals surface area contributed by atoms with Crippen LogP contribution in [0.1, 0.15) is 12.8 Å². The zero-order valence-corrected chi connectivity index (χ0v) is 15.0. The molecule has 7 heteroatoms. The van der Waals surface area contributed by atoms with Crippen LogP contribution in [0.2, 0.25) is 0 Å². The van der Waals surface area contributed by atoms with E-state index in [-0.39, 0.29) is 24.9 Å². The minimum absolute atomic E-state index is 0. The summed E-state index contributed by atoms with van der Waals surface area (Å²) in [6.45, 7) is 3.12. The van der Waals surface area contributed by atoms with Gasteiger partial charge in [-0.2, -0.15) is 0 Å². The van der Waals surface area contributed by atoms with Crippen LogP contribution < -0.4 is 9.47 Å². The summed E-state index contributed by atoms with van der Waals surface area (Å²) in [5.41, 5.74) is -0.437. The molecule has 2 saturated heterocycles. The molecule has 2 aliphatic rings. The molecule has 0 unspecified atom stereocenters. The van der Waals surface area contributed by atoms with E-state index in [1.165, 1.54) is 0 Å². The van der Waals surface area contributed by atoms with Crippen molar-refractivity contribution in [1.29, 1.82) is 0 Å². The van der Waals surface area contributed by atoms with Crippen LogP contribution in [-0.4, -0.2) is 68.4 Å². The second-order valence-electron chi connectivity index (χ2n) is 6.08. The first kappa shape index (κ1) is 18.8. The van der Waals surface area contributed by atoms with Crippen LogP contribution in [-0.2, 0) is 9.53 Å². The monoisotopic (exact) mass is 356 g/mol. The molecule has 2 aliphatic heterocycles. The number of hydrogen-bond donors (Lipinski definition) is 0. The number of rotatable bonds is 4. The Balaban J connectivity index is 0.00000208. The molecular weight excluding hydrogens is 332 g/mol. The van der Waals surface area contributed by atoms with E-state index in [1.54, 1.807) is 13.2 Å². The molecule has 0 radical (unpaired) electrons. The van der Waals surface area contributed by atoms with Crippen molar-refractivity contribution in [2.45, 2.75) is 18.6 Å². The second-order valence-corrected chi connectivity index (χ2v) is 6.08. The maximum Gasteiger partial charge on any atom is 0.262 e. The molecule has 1 aromatic rings. The van der Waals surface area contributed by atoms with Crippen molar-refractivity contribution >= 4 is 18.3 Å². The summed E-state index contributed by atoms with van der Waals surface area (Å²) in [6.07, 6.45) is 1.70. The number of hydrogen-bond acceptors (Lipinski definition) is 5. The van der Waals surface area contributed by atoms with Gasteiger partial charge in [-0.15, -0.1) is 12.4 Å². The van der Waals surface area contributed by atoms with Gasteiger partial charge in [-0.25, -0.2) is 0 Å². The van der Waals surface area contributed by atoms with Crippen molar-refractivity contribution in [3.05, 3.63) is 24.3 Å². The predicted octanol–water partition coefficient (Wildman–Crippen LogP) is 1.78. The summed E-state index contributed by atoms with van der Waals surface area (Å²) >= 11 is 0. The lowest BCUT2D eigenvalue weighted by atomic mass is 9.99. The smallest absolute Gasteiger partial charge is 0.262 e. The lowest BCUT2D eigenvalue weighted by Gasteiger charge is -2.42. The van der Waals surface area contributed by atoms with E-state index in [2.05, 4.69) is 11.9 Å². The van der Waals surface area contributed by atoms with Crippen molar-refractivity contribution in [2.75, 3.05) is 47.0 Å². The summed E-state index contributed by atoms with van der Waals surface area (Å²) in [5, 5.41) is 0. The Morgan fingerprint density at radius 1 is 1.21 bits per heavy atom. The SMILES string of the molecule is COc1ccccc1OCC(=O)N1CCOC12CCN(C)CC2.Cl. The van der Waals surface area contributed by atoms with E-state index >= 15 is 0 Å². The standard InChI is InChI=1S/C17H24N2O4.ClH/c1-18-9-7-17(8-10-18)19(11-12-23-17)16(20)13-22-15-6-4-3-5-14(15)21-2;/h3-6H,7-13H2,1-2H3;1H. The Hall–Kier alpha value is -1.50. The highest BCUT2D eigenvalue weighted by atomic mass is 35.5. The molecule has 6 nitrogen and oxygen atoms in total. The fourth-order valence-corrected chi connectivity index (χ4v) is 3.30. The number of ether oxygens (including phenoxy) is 3. The molecule has 1 spiro atoms. The Bertz CT molecular complexity index is 561. The molecule has 0 N–H and O–H groups in total. The third kappa shape index (κ3) is 3.77. The molecule has 134 valence electrons. The van der Waals surface area contributed by atoms with Gasteiger partial charge in [0, 0.05) is 32.5 Å². The highest BCUT2D eigenvalue weighted by molar-refractivity contribution is 5.85. The normalized spacial score (nSPS) is 19.8. The number of carbonyl (C=O) groups is 1. The zero-order chi connectivity index (χ0) is 16.3. The Labute approximate surface area is 149 Å². The van der Waals surface area contributed by atoms with E-state index in [0.29, 0.717) is 24.7 Å². The van der Waals surface area contributed by atoms with Crippen molar-refractivity contribution < 1.29 is 19.0 Å². The van der Waals surface area contributed by atoms with E-state index in [0.717, 1.165) is 25.9 Å². The summed E-state index contributed by atoms with van der Waals surface area (Å²) in [6, 6.07) is 7.35. The number of benzene rings is 1. The summed E-state index contributed by atoms with van der Waals surface area (Å²) < 4.78 is 16.9. The lowest BCUT2D eigenvalue weighted by molar-refractivity contribution is -0.159. The molecule has 3 rings (SSSR count). The molecule has 0 bridgehead atoms. The molecule has 0 aromatic heterocycles. The third-order valence-corrected chi connectivity index (χ3v) is 4.67.